The van der Waals surface area contributed by atoms with E-state index in [0.29, 0.717) is 0 Å². The van der Waals surface area contributed by atoms with Gasteiger partial charge in [-0.25, -0.2) is 0 Å². The van der Waals surface area contributed by atoms with Crippen molar-refractivity contribution in [3.63, 3.8) is 0 Å². The molecule has 0 aromatic carbocycles. The summed E-state index contributed by atoms with van der Waals surface area (Å²) in [6, 6.07) is 0. The van der Waals surface area contributed by atoms with Crippen molar-refractivity contribution < 1.29 is 4.92 Å². The Kier molecular flexibility index (Phi) is 5.43. The normalized spacial score (nSPS) is 13.0. The Morgan fingerprint density at radius 3 is 2.50 bits per heavy atom. The highest BCUT2D eigenvalue weighted by atomic mass is 16.6. The fraction of sp³-hybridized carbons (Fsp3) is 0.818. The molecular weight excluding hydrogens is 178 g/mol. The number of unbranched alkanes of at least 4 members (excludes halogenated alkanes) is 1. The maximum atomic E-state index is 10.2. The largest absolute Gasteiger partial charge is 0.259 e. The van der Waals surface area contributed by atoms with Crippen LogP contribution in [0.1, 0.15) is 53.4 Å². The van der Waals surface area contributed by atoms with Crippen LogP contribution in [0.2, 0.25) is 0 Å². The standard InChI is InChI=1S/C11H21NO2/c1-5-6-7-11(3,4)8-10(2)9-12(13)14/h9H,5-8H2,1-4H3. The molecule has 0 bridgehead atoms. The van der Waals surface area contributed by atoms with E-state index in [1.165, 1.54) is 12.8 Å². The van der Waals surface area contributed by atoms with E-state index in [2.05, 4.69) is 20.8 Å². The third kappa shape index (κ3) is 6.63. The Balaban J connectivity index is 4.13. The number of hydrogen-bond donors (Lipinski definition) is 0. The summed E-state index contributed by atoms with van der Waals surface area (Å²) in [5.74, 6) is 0. The summed E-state index contributed by atoms with van der Waals surface area (Å²) in [6.07, 6.45) is 5.44. The first kappa shape index (κ1) is 13.1. The summed E-state index contributed by atoms with van der Waals surface area (Å²) < 4.78 is 0. The van der Waals surface area contributed by atoms with E-state index in [0.717, 1.165) is 24.6 Å². The maximum absolute atomic E-state index is 10.2. The summed E-state index contributed by atoms with van der Waals surface area (Å²) in [7, 11) is 0. The monoisotopic (exact) mass is 199 g/mol. The first-order valence-corrected chi connectivity index (χ1v) is 5.18. The lowest BCUT2D eigenvalue weighted by atomic mass is 9.81. The molecule has 0 aliphatic carbocycles. The predicted octanol–water partition coefficient (Wildman–Crippen LogP) is 3.77. The third-order valence-electron chi connectivity index (χ3n) is 2.29. The molecule has 0 radical (unpaired) electrons. The molecule has 0 rings (SSSR count). The van der Waals surface area contributed by atoms with Crippen LogP contribution < -0.4 is 0 Å². The smallest absolute Gasteiger partial charge is 0.233 e. The van der Waals surface area contributed by atoms with Gasteiger partial charge in [-0.2, -0.15) is 0 Å². The molecule has 14 heavy (non-hydrogen) atoms. The van der Waals surface area contributed by atoms with Gasteiger partial charge in [0.2, 0.25) is 6.20 Å². The first-order chi connectivity index (χ1) is 6.37. The van der Waals surface area contributed by atoms with E-state index >= 15 is 0 Å². The van der Waals surface area contributed by atoms with Crippen LogP contribution in [0.5, 0.6) is 0 Å². The van der Waals surface area contributed by atoms with Crippen LogP contribution in [0.15, 0.2) is 11.8 Å². The second-order valence-corrected chi connectivity index (χ2v) is 4.71. The number of rotatable bonds is 6. The highest BCUT2D eigenvalue weighted by molar-refractivity contribution is 4.96. The van der Waals surface area contributed by atoms with E-state index < -0.39 is 0 Å². The molecule has 3 heteroatoms. The van der Waals surface area contributed by atoms with Gasteiger partial charge in [-0.05, 0) is 30.8 Å². The molecule has 3 nitrogen and oxygen atoms in total. The Labute approximate surface area is 86.4 Å². The zero-order valence-corrected chi connectivity index (χ0v) is 9.67. The topological polar surface area (TPSA) is 43.1 Å². The fourth-order valence-electron chi connectivity index (χ4n) is 1.72. The Morgan fingerprint density at radius 1 is 1.50 bits per heavy atom. The number of allylic oxidation sites excluding steroid dienone is 1. The summed E-state index contributed by atoms with van der Waals surface area (Å²) in [5.41, 5.74) is 1.04. The molecule has 0 fully saturated rings. The lowest BCUT2D eigenvalue weighted by Gasteiger charge is -2.23. The van der Waals surface area contributed by atoms with Gasteiger partial charge >= 0.3 is 0 Å². The average Bonchev–Trinajstić information content (AvgIpc) is 1.98. The van der Waals surface area contributed by atoms with Crippen LogP contribution in [-0.2, 0) is 0 Å². The van der Waals surface area contributed by atoms with Gasteiger partial charge in [-0.3, -0.25) is 10.1 Å². The van der Waals surface area contributed by atoms with E-state index in [9.17, 15) is 10.1 Å². The Bertz CT molecular complexity index is 219. The van der Waals surface area contributed by atoms with Crippen molar-refractivity contribution in [3.05, 3.63) is 21.9 Å². The van der Waals surface area contributed by atoms with Crippen LogP contribution in [0.25, 0.3) is 0 Å². The summed E-state index contributed by atoms with van der Waals surface area (Å²) in [5, 5.41) is 10.2. The molecule has 0 saturated carbocycles. The van der Waals surface area contributed by atoms with Gasteiger partial charge in [-0.15, -0.1) is 0 Å². The van der Waals surface area contributed by atoms with E-state index in [-0.39, 0.29) is 10.3 Å². The number of nitro groups is 1. The molecule has 0 aromatic heterocycles. The first-order valence-electron chi connectivity index (χ1n) is 5.18. The van der Waals surface area contributed by atoms with E-state index in [1.54, 1.807) is 0 Å². The van der Waals surface area contributed by atoms with Crippen molar-refractivity contribution in [3.8, 4) is 0 Å². The predicted molar refractivity (Wildman–Crippen MR) is 58.7 cm³/mol. The summed E-state index contributed by atoms with van der Waals surface area (Å²) in [4.78, 5) is 9.87. The zero-order chi connectivity index (χ0) is 11.2. The molecule has 0 heterocycles. The van der Waals surface area contributed by atoms with Crippen molar-refractivity contribution in [1.29, 1.82) is 0 Å². The van der Waals surface area contributed by atoms with E-state index in [4.69, 9.17) is 0 Å². The second kappa shape index (κ2) is 5.78. The third-order valence-corrected chi connectivity index (χ3v) is 2.29. The molecular formula is C11H21NO2. The Hall–Kier alpha value is -0.860. The molecule has 0 atom stereocenters. The van der Waals surface area contributed by atoms with Crippen molar-refractivity contribution >= 4 is 0 Å². The average molecular weight is 199 g/mol. The van der Waals surface area contributed by atoms with Crippen LogP contribution in [0.3, 0.4) is 0 Å². The van der Waals surface area contributed by atoms with E-state index in [1.807, 2.05) is 6.92 Å². The summed E-state index contributed by atoms with van der Waals surface area (Å²) >= 11 is 0. The number of hydrogen-bond acceptors (Lipinski definition) is 2. The lowest BCUT2D eigenvalue weighted by Crippen LogP contribution is -2.12. The molecule has 0 amide bonds. The van der Waals surface area contributed by atoms with Crippen molar-refractivity contribution in [2.45, 2.75) is 53.4 Å². The minimum atomic E-state index is -0.370. The minimum Gasteiger partial charge on any atom is -0.259 e. The highest BCUT2D eigenvalue weighted by Crippen LogP contribution is 2.30. The Morgan fingerprint density at radius 2 is 2.07 bits per heavy atom. The minimum absolute atomic E-state index is 0.187. The second-order valence-electron chi connectivity index (χ2n) is 4.71. The van der Waals surface area contributed by atoms with Gasteiger partial charge in [0.05, 0.1) is 4.92 Å². The van der Waals surface area contributed by atoms with Gasteiger partial charge in [0.25, 0.3) is 0 Å². The van der Waals surface area contributed by atoms with Gasteiger partial charge in [0, 0.05) is 0 Å². The molecule has 0 spiro atoms. The van der Waals surface area contributed by atoms with Crippen molar-refractivity contribution in [2.75, 3.05) is 0 Å². The van der Waals surface area contributed by atoms with Gasteiger partial charge in [0.15, 0.2) is 0 Å². The molecule has 0 saturated heterocycles. The molecule has 0 aliphatic heterocycles. The van der Waals surface area contributed by atoms with Gasteiger partial charge in [-0.1, -0.05) is 33.6 Å². The molecule has 0 unspecified atom stereocenters. The lowest BCUT2D eigenvalue weighted by molar-refractivity contribution is -0.403. The van der Waals surface area contributed by atoms with Gasteiger partial charge in [0.1, 0.15) is 0 Å². The molecule has 82 valence electrons. The van der Waals surface area contributed by atoms with Crippen molar-refractivity contribution in [1.82, 2.24) is 0 Å². The van der Waals surface area contributed by atoms with Gasteiger partial charge < -0.3 is 0 Å². The quantitative estimate of drug-likeness (QED) is 0.482. The summed E-state index contributed by atoms with van der Waals surface area (Å²) in [6.45, 7) is 8.33. The maximum Gasteiger partial charge on any atom is 0.233 e. The molecule has 0 aliphatic rings. The zero-order valence-electron chi connectivity index (χ0n) is 9.67. The number of nitrogens with zero attached hydrogens (tertiary/aromatic N) is 1. The fourth-order valence-corrected chi connectivity index (χ4v) is 1.72. The highest BCUT2D eigenvalue weighted by Gasteiger charge is 2.18. The molecule has 0 N–H and O–H groups in total. The van der Waals surface area contributed by atoms with Crippen LogP contribution >= 0.6 is 0 Å². The van der Waals surface area contributed by atoms with Crippen molar-refractivity contribution in [2.24, 2.45) is 5.41 Å². The van der Waals surface area contributed by atoms with Crippen LogP contribution in [0.4, 0.5) is 0 Å². The molecule has 0 aromatic rings. The SMILES string of the molecule is CCCCC(C)(C)CC(C)=C[N+](=O)[O-]. The van der Waals surface area contributed by atoms with Crippen LogP contribution in [0, 0.1) is 15.5 Å². The van der Waals surface area contributed by atoms with Crippen LogP contribution in [-0.4, -0.2) is 4.92 Å².